The third kappa shape index (κ3) is 4.02. The minimum Gasteiger partial charge on any atom is -0.392 e. The van der Waals surface area contributed by atoms with Crippen LogP contribution >= 0.6 is 0 Å². The van der Waals surface area contributed by atoms with E-state index in [4.69, 9.17) is 0 Å². The monoisotopic (exact) mass is 205 g/mol. The van der Waals surface area contributed by atoms with Gasteiger partial charge in [0.1, 0.15) is 0 Å². The van der Waals surface area contributed by atoms with Crippen LogP contribution in [0.3, 0.4) is 0 Å². The van der Waals surface area contributed by atoms with E-state index in [1.807, 2.05) is 18.2 Å². The van der Waals surface area contributed by atoms with Crippen LogP contribution in [0.5, 0.6) is 0 Å². The fourth-order valence-corrected chi connectivity index (χ4v) is 1.80. The molecule has 2 heteroatoms. The summed E-state index contributed by atoms with van der Waals surface area (Å²) in [5, 5.41) is 13.0. The lowest BCUT2D eigenvalue weighted by molar-refractivity contribution is 0.154. The topological polar surface area (TPSA) is 32.3 Å². The van der Waals surface area contributed by atoms with Gasteiger partial charge >= 0.3 is 0 Å². The minimum absolute atomic E-state index is 0.166. The van der Waals surface area contributed by atoms with E-state index in [9.17, 15) is 5.11 Å². The molecule has 1 fully saturated rings. The Kier molecular flexibility index (Phi) is 3.75. The van der Waals surface area contributed by atoms with Gasteiger partial charge in [0, 0.05) is 13.1 Å². The Labute approximate surface area is 91.3 Å². The molecule has 0 spiro atoms. The molecular weight excluding hydrogens is 186 g/mol. The highest BCUT2D eigenvalue weighted by Crippen LogP contribution is 2.33. The molecule has 2 nitrogen and oxygen atoms in total. The summed E-state index contributed by atoms with van der Waals surface area (Å²) in [4.78, 5) is 0. The highest BCUT2D eigenvalue weighted by Gasteiger charge is 2.23. The zero-order valence-electron chi connectivity index (χ0n) is 9.02. The van der Waals surface area contributed by atoms with Crippen molar-refractivity contribution < 1.29 is 5.11 Å². The van der Waals surface area contributed by atoms with E-state index in [-0.39, 0.29) is 6.10 Å². The van der Waals surface area contributed by atoms with Gasteiger partial charge in [0.15, 0.2) is 0 Å². The Hall–Kier alpha value is -0.860. The first kappa shape index (κ1) is 10.7. The highest BCUT2D eigenvalue weighted by molar-refractivity contribution is 5.14. The van der Waals surface area contributed by atoms with Crippen molar-refractivity contribution in [1.82, 2.24) is 5.32 Å². The molecule has 82 valence electrons. The SMILES string of the molecule is O[C@H](CNCc1ccccc1)CC1CC1. The Morgan fingerprint density at radius 2 is 2.00 bits per heavy atom. The highest BCUT2D eigenvalue weighted by atomic mass is 16.3. The number of hydrogen-bond donors (Lipinski definition) is 2. The van der Waals surface area contributed by atoms with Crippen LogP contribution in [-0.2, 0) is 6.54 Å². The summed E-state index contributed by atoms with van der Waals surface area (Å²) < 4.78 is 0. The number of nitrogens with one attached hydrogen (secondary N) is 1. The van der Waals surface area contributed by atoms with E-state index in [1.54, 1.807) is 0 Å². The average molecular weight is 205 g/mol. The second-order valence-electron chi connectivity index (χ2n) is 4.45. The molecule has 2 N–H and O–H groups in total. The summed E-state index contributed by atoms with van der Waals surface area (Å²) in [6.45, 7) is 1.56. The lowest BCUT2D eigenvalue weighted by atomic mass is 10.1. The van der Waals surface area contributed by atoms with Crippen LogP contribution in [0.15, 0.2) is 30.3 Å². The van der Waals surface area contributed by atoms with Gasteiger partial charge in [-0.1, -0.05) is 43.2 Å². The molecule has 1 aliphatic carbocycles. The average Bonchev–Trinajstić information content (AvgIpc) is 3.03. The van der Waals surface area contributed by atoms with Crippen molar-refractivity contribution in [3.05, 3.63) is 35.9 Å². The van der Waals surface area contributed by atoms with Crippen LogP contribution in [-0.4, -0.2) is 17.8 Å². The maximum atomic E-state index is 9.68. The smallest absolute Gasteiger partial charge is 0.0667 e. The van der Waals surface area contributed by atoms with Gasteiger partial charge < -0.3 is 10.4 Å². The Balaban J connectivity index is 1.61. The van der Waals surface area contributed by atoms with Gasteiger partial charge in [0.25, 0.3) is 0 Å². The zero-order valence-corrected chi connectivity index (χ0v) is 9.02. The van der Waals surface area contributed by atoms with Crippen LogP contribution in [0.25, 0.3) is 0 Å². The van der Waals surface area contributed by atoms with Crippen molar-refractivity contribution in [3.8, 4) is 0 Å². The molecular formula is C13H19NO. The second kappa shape index (κ2) is 5.29. The van der Waals surface area contributed by atoms with Crippen molar-refractivity contribution in [1.29, 1.82) is 0 Å². The number of hydrogen-bond acceptors (Lipinski definition) is 2. The largest absolute Gasteiger partial charge is 0.392 e. The molecule has 0 aromatic heterocycles. The lowest BCUT2D eigenvalue weighted by Crippen LogP contribution is -2.26. The van der Waals surface area contributed by atoms with Gasteiger partial charge in [-0.3, -0.25) is 0 Å². The molecule has 0 aliphatic heterocycles. The van der Waals surface area contributed by atoms with Gasteiger partial charge in [-0.05, 0) is 17.9 Å². The first-order chi connectivity index (χ1) is 7.34. The molecule has 1 aliphatic rings. The Morgan fingerprint density at radius 3 is 2.67 bits per heavy atom. The molecule has 0 unspecified atom stereocenters. The Bertz CT molecular complexity index is 282. The molecule has 0 bridgehead atoms. The molecule has 1 atom stereocenters. The molecule has 0 radical (unpaired) electrons. The first-order valence-electron chi connectivity index (χ1n) is 5.77. The quantitative estimate of drug-likeness (QED) is 0.744. The summed E-state index contributed by atoms with van der Waals surface area (Å²) in [5.74, 6) is 0.804. The maximum Gasteiger partial charge on any atom is 0.0667 e. The first-order valence-corrected chi connectivity index (χ1v) is 5.77. The predicted molar refractivity (Wildman–Crippen MR) is 61.5 cm³/mol. The molecule has 1 saturated carbocycles. The van der Waals surface area contributed by atoms with Crippen molar-refractivity contribution in [3.63, 3.8) is 0 Å². The Morgan fingerprint density at radius 1 is 1.27 bits per heavy atom. The molecule has 1 aromatic rings. The second-order valence-corrected chi connectivity index (χ2v) is 4.45. The van der Waals surface area contributed by atoms with Crippen molar-refractivity contribution in [2.24, 2.45) is 5.92 Å². The fraction of sp³-hybridized carbons (Fsp3) is 0.538. The third-order valence-corrected chi connectivity index (χ3v) is 2.85. The standard InChI is InChI=1S/C13H19NO/c15-13(8-11-6-7-11)10-14-9-12-4-2-1-3-5-12/h1-5,11,13-15H,6-10H2/t13-/m0/s1. The van der Waals surface area contributed by atoms with E-state index in [1.165, 1.54) is 18.4 Å². The molecule has 0 heterocycles. The van der Waals surface area contributed by atoms with Gasteiger partial charge in [-0.25, -0.2) is 0 Å². The molecule has 0 amide bonds. The normalized spacial score (nSPS) is 17.7. The summed E-state index contributed by atoms with van der Waals surface area (Å²) in [6.07, 6.45) is 3.44. The number of aliphatic hydroxyl groups excluding tert-OH is 1. The molecule has 1 aromatic carbocycles. The fourth-order valence-electron chi connectivity index (χ4n) is 1.80. The minimum atomic E-state index is -0.166. The van der Waals surface area contributed by atoms with Gasteiger partial charge in [-0.2, -0.15) is 0 Å². The van der Waals surface area contributed by atoms with Crippen molar-refractivity contribution in [2.45, 2.75) is 31.9 Å². The number of benzene rings is 1. The van der Waals surface area contributed by atoms with Crippen LogP contribution in [0.4, 0.5) is 0 Å². The summed E-state index contributed by atoms with van der Waals surface area (Å²) in [7, 11) is 0. The zero-order chi connectivity index (χ0) is 10.5. The van der Waals surface area contributed by atoms with Crippen LogP contribution < -0.4 is 5.32 Å². The molecule has 2 rings (SSSR count). The van der Waals surface area contributed by atoms with Crippen LogP contribution in [0.1, 0.15) is 24.8 Å². The van der Waals surface area contributed by atoms with E-state index >= 15 is 0 Å². The predicted octanol–water partition coefficient (Wildman–Crippen LogP) is 1.94. The maximum absolute atomic E-state index is 9.68. The number of rotatable bonds is 6. The lowest BCUT2D eigenvalue weighted by Gasteiger charge is -2.11. The van der Waals surface area contributed by atoms with E-state index in [0.717, 1.165) is 18.9 Å². The van der Waals surface area contributed by atoms with E-state index in [0.29, 0.717) is 6.54 Å². The number of aliphatic hydroxyl groups is 1. The summed E-state index contributed by atoms with van der Waals surface area (Å²) in [5.41, 5.74) is 1.27. The van der Waals surface area contributed by atoms with Gasteiger partial charge in [0.2, 0.25) is 0 Å². The van der Waals surface area contributed by atoms with Gasteiger partial charge in [-0.15, -0.1) is 0 Å². The van der Waals surface area contributed by atoms with Crippen molar-refractivity contribution >= 4 is 0 Å². The van der Waals surface area contributed by atoms with E-state index < -0.39 is 0 Å². The van der Waals surface area contributed by atoms with Crippen molar-refractivity contribution in [2.75, 3.05) is 6.54 Å². The van der Waals surface area contributed by atoms with Crippen LogP contribution in [0, 0.1) is 5.92 Å². The molecule has 15 heavy (non-hydrogen) atoms. The molecule has 0 saturated heterocycles. The van der Waals surface area contributed by atoms with Crippen LogP contribution in [0.2, 0.25) is 0 Å². The third-order valence-electron chi connectivity index (χ3n) is 2.85. The van der Waals surface area contributed by atoms with Gasteiger partial charge in [0.05, 0.1) is 6.10 Å². The summed E-state index contributed by atoms with van der Waals surface area (Å²) >= 11 is 0. The summed E-state index contributed by atoms with van der Waals surface area (Å²) in [6, 6.07) is 10.3. The van der Waals surface area contributed by atoms with E-state index in [2.05, 4.69) is 17.4 Å².